The van der Waals surface area contributed by atoms with Gasteiger partial charge in [0, 0.05) is 83.2 Å². The standard InChI is InChI=1S/C27H48N4O4S4/c1-7-28-18-22(36)30(24(28)32)20-26(3,4)12-9-14-38(34)16-11-17-39(35)15-10-13-27(5,6)21-31-23(37)19-29(8-2)25(31)33/h18-19,36-37H,7-17,20-21H2,1-6H3. The van der Waals surface area contributed by atoms with Crippen LogP contribution >= 0.6 is 25.3 Å². The minimum absolute atomic E-state index is 0.0373. The number of hydrogen-bond donors (Lipinski definition) is 2. The summed E-state index contributed by atoms with van der Waals surface area (Å²) in [7, 11) is -1.87. The molecule has 0 aliphatic rings. The van der Waals surface area contributed by atoms with Crippen molar-refractivity contribution in [2.45, 2.75) is 110 Å². The number of aryl methyl sites for hydroxylation is 2. The zero-order valence-electron chi connectivity index (χ0n) is 24.5. The molecule has 2 aromatic heterocycles. The molecule has 0 spiro atoms. The highest BCUT2D eigenvalue weighted by Gasteiger charge is 2.23. The van der Waals surface area contributed by atoms with E-state index in [-0.39, 0.29) is 22.2 Å². The number of rotatable bonds is 18. The predicted molar refractivity (Wildman–Crippen MR) is 170 cm³/mol. The van der Waals surface area contributed by atoms with Crippen molar-refractivity contribution in [1.29, 1.82) is 0 Å². The molecule has 0 radical (unpaired) electrons. The third-order valence-corrected chi connectivity index (χ3v) is 10.8. The van der Waals surface area contributed by atoms with Crippen molar-refractivity contribution < 1.29 is 8.42 Å². The molecule has 224 valence electrons. The summed E-state index contributed by atoms with van der Waals surface area (Å²) >= 11 is 8.90. The summed E-state index contributed by atoms with van der Waals surface area (Å²) in [6, 6.07) is 0. The summed E-state index contributed by atoms with van der Waals surface area (Å²) in [6.45, 7) is 14.8. The van der Waals surface area contributed by atoms with Gasteiger partial charge in [-0.15, -0.1) is 25.3 Å². The van der Waals surface area contributed by atoms with E-state index in [2.05, 4.69) is 53.0 Å². The minimum atomic E-state index is -0.933. The van der Waals surface area contributed by atoms with Gasteiger partial charge < -0.3 is 0 Å². The molecule has 2 heterocycles. The lowest BCUT2D eigenvalue weighted by Gasteiger charge is -2.25. The highest BCUT2D eigenvalue weighted by atomic mass is 32.2. The fraction of sp³-hybridized carbons (Fsp3) is 0.778. The predicted octanol–water partition coefficient (Wildman–Crippen LogP) is 4.43. The molecule has 0 amide bonds. The average Bonchev–Trinajstić information content (AvgIpc) is 3.27. The Bertz CT molecular complexity index is 1150. The first kappa shape index (κ1) is 34.2. The smallest absolute Gasteiger partial charge is 0.298 e. The summed E-state index contributed by atoms with van der Waals surface area (Å²) in [5.74, 6) is 2.38. The Kier molecular flexibility index (Phi) is 13.4. The Morgan fingerprint density at radius 3 is 1.31 bits per heavy atom. The molecular formula is C27H48N4O4S4. The maximum atomic E-state index is 12.5. The highest BCUT2D eigenvalue weighted by Crippen LogP contribution is 2.27. The second kappa shape index (κ2) is 15.3. The Balaban J connectivity index is 1.66. The van der Waals surface area contributed by atoms with E-state index in [4.69, 9.17) is 0 Å². The molecule has 0 aliphatic carbocycles. The monoisotopic (exact) mass is 620 g/mol. The van der Waals surface area contributed by atoms with Gasteiger partial charge in [-0.1, -0.05) is 27.7 Å². The number of imidazole rings is 2. The van der Waals surface area contributed by atoms with Crippen molar-refractivity contribution in [2.24, 2.45) is 10.8 Å². The summed E-state index contributed by atoms with van der Waals surface area (Å²) in [4.78, 5) is 24.9. The van der Waals surface area contributed by atoms with Gasteiger partial charge in [0.05, 0.1) is 10.1 Å². The highest BCUT2D eigenvalue weighted by molar-refractivity contribution is 7.85. The van der Waals surface area contributed by atoms with Gasteiger partial charge in [0.1, 0.15) is 0 Å². The maximum absolute atomic E-state index is 12.5. The Morgan fingerprint density at radius 1 is 0.667 bits per heavy atom. The van der Waals surface area contributed by atoms with E-state index in [9.17, 15) is 18.0 Å². The number of thiol groups is 2. The largest absolute Gasteiger partial charge is 0.329 e. The van der Waals surface area contributed by atoms with Gasteiger partial charge in [0.2, 0.25) is 0 Å². The normalized spacial score (nSPS) is 14.2. The van der Waals surface area contributed by atoms with Crippen LogP contribution in [0.5, 0.6) is 0 Å². The SMILES string of the molecule is CCn1cc(S)n(CC(C)(C)CCCS(=O)CCCS(=O)CCCC(C)(C)Cn2c(S)cn(CC)c2=O)c1=O. The summed E-state index contributed by atoms with van der Waals surface area (Å²) in [5, 5.41) is 1.34. The van der Waals surface area contributed by atoms with Gasteiger partial charge in [-0.2, -0.15) is 0 Å². The fourth-order valence-corrected chi connectivity index (χ4v) is 7.86. The number of hydrogen-bond acceptors (Lipinski definition) is 6. The van der Waals surface area contributed by atoms with Gasteiger partial charge in [0.15, 0.2) is 0 Å². The minimum Gasteiger partial charge on any atom is -0.298 e. The fourth-order valence-electron chi connectivity index (χ4n) is 4.81. The van der Waals surface area contributed by atoms with E-state index in [0.29, 0.717) is 65.7 Å². The van der Waals surface area contributed by atoms with Crippen LogP contribution in [0.4, 0.5) is 0 Å². The van der Waals surface area contributed by atoms with Crippen LogP contribution in [-0.4, -0.2) is 49.7 Å². The van der Waals surface area contributed by atoms with Crippen LogP contribution in [0, 0.1) is 10.8 Å². The first-order chi connectivity index (χ1) is 18.2. The molecule has 8 nitrogen and oxygen atoms in total. The topological polar surface area (TPSA) is 88.0 Å². The lowest BCUT2D eigenvalue weighted by molar-refractivity contribution is 0.267. The zero-order valence-corrected chi connectivity index (χ0v) is 27.9. The van der Waals surface area contributed by atoms with Crippen LogP contribution in [0.15, 0.2) is 32.0 Å². The van der Waals surface area contributed by atoms with Crippen LogP contribution in [-0.2, 0) is 47.8 Å². The second-order valence-electron chi connectivity index (χ2n) is 11.9. The molecule has 2 rings (SSSR count). The Hall–Kier alpha value is -0.980. The Labute approximate surface area is 249 Å². The first-order valence-electron chi connectivity index (χ1n) is 13.9. The zero-order chi connectivity index (χ0) is 29.4. The van der Waals surface area contributed by atoms with Crippen LogP contribution in [0.3, 0.4) is 0 Å². The lowest BCUT2D eigenvalue weighted by atomic mass is 9.88. The third kappa shape index (κ3) is 10.7. The summed E-state index contributed by atoms with van der Waals surface area (Å²) in [5.41, 5.74) is -0.291. The van der Waals surface area contributed by atoms with Crippen LogP contribution in [0.2, 0.25) is 0 Å². The van der Waals surface area contributed by atoms with Crippen LogP contribution in [0.25, 0.3) is 0 Å². The van der Waals surface area contributed by atoms with Crippen LogP contribution in [0.1, 0.15) is 73.6 Å². The average molecular weight is 621 g/mol. The molecule has 0 aliphatic heterocycles. The molecule has 0 bridgehead atoms. The molecule has 0 fully saturated rings. The molecule has 2 unspecified atom stereocenters. The lowest BCUT2D eigenvalue weighted by Crippen LogP contribution is -2.30. The molecule has 0 N–H and O–H groups in total. The second-order valence-corrected chi connectivity index (χ2v) is 16.2. The van der Waals surface area contributed by atoms with Gasteiger partial charge in [-0.05, 0) is 56.8 Å². The van der Waals surface area contributed by atoms with Crippen molar-refractivity contribution in [3.05, 3.63) is 33.4 Å². The number of aromatic nitrogens is 4. The molecule has 0 aromatic carbocycles. The maximum Gasteiger partial charge on any atom is 0.329 e. The Morgan fingerprint density at radius 2 is 1.00 bits per heavy atom. The van der Waals surface area contributed by atoms with E-state index < -0.39 is 21.6 Å². The van der Waals surface area contributed by atoms with E-state index in [1.165, 1.54) is 0 Å². The van der Waals surface area contributed by atoms with E-state index >= 15 is 0 Å². The van der Waals surface area contributed by atoms with Gasteiger partial charge in [-0.25, -0.2) is 9.59 Å². The molecule has 2 aromatic rings. The molecule has 0 saturated carbocycles. The molecule has 12 heteroatoms. The van der Waals surface area contributed by atoms with Crippen molar-refractivity contribution >= 4 is 46.9 Å². The number of nitrogens with zero attached hydrogens (tertiary/aromatic N) is 4. The van der Waals surface area contributed by atoms with Crippen LogP contribution < -0.4 is 11.4 Å². The molecule has 0 saturated heterocycles. The first-order valence-corrected chi connectivity index (χ1v) is 17.7. The molecular weight excluding hydrogens is 573 g/mol. The van der Waals surface area contributed by atoms with Gasteiger partial charge in [-0.3, -0.25) is 26.7 Å². The van der Waals surface area contributed by atoms with Gasteiger partial charge in [0.25, 0.3) is 0 Å². The van der Waals surface area contributed by atoms with E-state index in [1.807, 2.05) is 13.8 Å². The van der Waals surface area contributed by atoms with Crippen molar-refractivity contribution in [3.63, 3.8) is 0 Å². The van der Waals surface area contributed by atoms with E-state index in [0.717, 1.165) is 25.7 Å². The summed E-state index contributed by atoms with van der Waals surface area (Å²) in [6.07, 6.45) is 7.60. The van der Waals surface area contributed by atoms with Gasteiger partial charge >= 0.3 is 11.4 Å². The van der Waals surface area contributed by atoms with Crippen molar-refractivity contribution in [3.8, 4) is 0 Å². The molecule has 39 heavy (non-hydrogen) atoms. The van der Waals surface area contributed by atoms with Crippen molar-refractivity contribution in [1.82, 2.24) is 18.3 Å². The van der Waals surface area contributed by atoms with E-state index in [1.54, 1.807) is 30.7 Å². The van der Waals surface area contributed by atoms with Crippen molar-refractivity contribution in [2.75, 3.05) is 23.0 Å². The summed E-state index contributed by atoms with van der Waals surface area (Å²) < 4.78 is 31.8. The third-order valence-electron chi connectivity index (χ3n) is 7.10. The quantitative estimate of drug-likeness (QED) is 0.242. The molecule has 2 atom stereocenters.